The standard InChI is InChI=1S/C13H12BrNO4/c1-7(14)11(16)9-4-2-3-8(5-6-15)10(9)12(17)13(18)19/h2-4,7,12,17H,5H2,1H3,(H,18,19). The van der Waals surface area contributed by atoms with Crippen LogP contribution >= 0.6 is 15.9 Å². The number of aliphatic carboxylic acids is 1. The number of aliphatic hydroxyl groups is 1. The van der Waals surface area contributed by atoms with Crippen LogP contribution in [0.3, 0.4) is 0 Å². The first-order valence-corrected chi connectivity index (χ1v) is 6.39. The zero-order valence-electron chi connectivity index (χ0n) is 10.1. The molecule has 0 aromatic heterocycles. The molecule has 0 aliphatic heterocycles. The summed E-state index contributed by atoms with van der Waals surface area (Å²) in [7, 11) is 0. The number of Topliss-reactive ketones (excluding diaryl/α,β-unsaturated/α-hetero) is 1. The Balaban J connectivity index is 3.47. The summed E-state index contributed by atoms with van der Waals surface area (Å²) in [4.78, 5) is 22.5. The Labute approximate surface area is 118 Å². The molecule has 5 nitrogen and oxygen atoms in total. The highest BCUT2D eigenvalue weighted by Gasteiger charge is 2.27. The van der Waals surface area contributed by atoms with E-state index in [1.807, 2.05) is 6.07 Å². The third kappa shape index (κ3) is 3.40. The Morgan fingerprint density at radius 3 is 2.58 bits per heavy atom. The van der Waals surface area contributed by atoms with Gasteiger partial charge in [-0.25, -0.2) is 4.79 Å². The summed E-state index contributed by atoms with van der Waals surface area (Å²) < 4.78 is 0. The summed E-state index contributed by atoms with van der Waals surface area (Å²) in [6.45, 7) is 1.61. The van der Waals surface area contributed by atoms with Crippen LogP contribution in [0.2, 0.25) is 0 Å². The Bertz CT molecular complexity index is 548. The van der Waals surface area contributed by atoms with Gasteiger partial charge in [0.25, 0.3) is 0 Å². The molecule has 0 saturated heterocycles. The highest BCUT2D eigenvalue weighted by Crippen LogP contribution is 2.26. The van der Waals surface area contributed by atoms with Gasteiger partial charge in [-0.05, 0) is 12.5 Å². The minimum absolute atomic E-state index is 0.00662. The molecule has 0 spiro atoms. The van der Waals surface area contributed by atoms with Gasteiger partial charge in [-0.3, -0.25) is 4.79 Å². The van der Waals surface area contributed by atoms with Gasteiger partial charge in [0.05, 0.1) is 17.3 Å². The monoisotopic (exact) mass is 325 g/mol. The number of nitrogens with zero attached hydrogens (tertiary/aromatic N) is 1. The highest BCUT2D eigenvalue weighted by atomic mass is 79.9. The normalized spacial score (nSPS) is 13.4. The number of halogens is 1. The quantitative estimate of drug-likeness (QED) is 0.635. The van der Waals surface area contributed by atoms with Gasteiger partial charge in [-0.1, -0.05) is 34.1 Å². The van der Waals surface area contributed by atoms with Crippen LogP contribution in [0.1, 0.15) is 34.5 Å². The van der Waals surface area contributed by atoms with E-state index in [-0.39, 0.29) is 23.3 Å². The van der Waals surface area contributed by atoms with Crippen LogP contribution in [-0.2, 0) is 11.2 Å². The van der Waals surface area contributed by atoms with Crippen molar-refractivity contribution in [3.8, 4) is 6.07 Å². The predicted octanol–water partition coefficient (Wildman–Crippen LogP) is 1.84. The molecule has 0 bridgehead atoms. The Morgan fingerprint density at radius 2 is 2.11 bits per heavy atom. The summed E-state index contributed by atoms with van der Waals surface area (Å²) in [6.07, 6.45) is -1.90. The SMILES string of the molecule is CC(Br)C(=O)c1cccc(CC#N)c1C(O)C(=O)O. The molecule has 6 heteroatoms. The van der Waals surface area contributed by atoms with Crippen molar-refractivity contribution in [2.75, 3.05) is 0 Å². The predicted molar refractivity (Wildman–Crippen MR) is 71.1 cm³/mol. The maximum Gasteiger partial charge on any atom is 0.337 e. The Morgan fingerprint density at radius 1 is 1.47 bits per heavy atom. The van der Waals surface area contributed by atoms with E-state index in [9.17, 15) is 14.7 Å². The average molecular weight is 326 g/mol. The molecule has 2 N–H and O–H groups in total. The maximum atomic E-state index is 12.0. The van der Waals surface area contributed by atoms with E-state index >= 15 is 0 Å². The van der Waals surface area contributed by atoms with Crippen molar-refractivity contribution in [3.05, 3.63) is 34.9 Å². The number of hydrogen-bond acceptors (Lipinski definition) is 4. The number of rotatable bonds is 5. The molecule has 0 radical (unpaired) electrons. The van der Waals surface area contributed by atoms with E-state index in [1.54, 1.807) is 13.0 Å². The first kappa shape index (κ1) is 15.3. The maximum absolute atomic E-state index is 12.0. The van der Waals surface area contributed by atoms with Crippen molar-refractivity contribution in [2.24, 2.45) is 0 Å². The fraction of sp³-hybridized carbons (Fsp3) is 0.308. The van der Waals surface area contributed by atoms with Crippen LogP contribution in [0.4, 0.5) is 0 Å². The minimum Gasteiger partial charge on any atom is -0.479 e. The number of carbonyl (C=O) groups excluding carboxylic acids is 1. The van der Waals surface area contributed by atoms with Crippen LogP contribution < -0.4 is 0 Å². The van der Waals surface area contributed by atoms with Gasteiger partial charge in [0.1, 0.15) is 0 Å². The summed E-state index contributed by atoms with van der Waals surface area (Å²) in [5.74, 6) is -1.79. The van der Waals surface area contributed by atoms with Crippen molar-refractivity contribution in [3.63, 3.8) is 0 Å². The number of aliphatic hydroxyl groups excluding tert-OH is 1. The third-order valence-corrected chi connectivity index (χ3v) is 3.02. The van der Waals surface area contributed by atoms with E-state index in [1.165, 1.54) is 12.1 Å². The molecular formula is C13H12BrNO4. The number of benzene rings is 1. The molecule has 1 rings (SSSR count). The average Bonchev–Trinajstić information content (AvgIpc) is 2.37. The molecule has 100 valence electrons. The summed E-state index contributed by atoms with van der Waals surface area (Å²) in [5, 5.41) is 27.4. The largest absolute Gasteiger partial charge is 0.479 e. The second-order valence-electron chi connectivity index (χ2n) is 3.93. The molecule has 0 aliphatic carbocycles. The molecule has 0 saturated carbocycles. The van der Waals surface area contributed by atoms with Crippen molar-refractivity contribution >= 4 is 27.7 Å². The number of carboxylic acids is 1. The van der Waals surface area contributed by atoms with Crippen LogP contribution in [0, 0.1) is 11.3 Å². The Hall–Kier alpha value is -1.71. The molecule has 1 aromatic rings. The summed E-state index contributed by atoms with van der Waals surface area (Å²) in [6, 6.07) is 6.42. The molecule has 19 heavy (non-hydrogen) atoms. The minimum atomic E-state index is -1.82. The zero-order valence-corrected chi connectivity index (χ0v) is 11.7. The van der Waals surface area contributed by atoms with Gasteiger partial charge in [0.2, 0.25) is 0 Å². The molecule has 0 amide bonds. The first-order valence-electron chi connectivity index (χ1n) is 5.48. The number of alkyl halides is 1. The molecule has 1 aromatic carbocycles. The number of hydrogen-bond donors (Lipinski definition) is 2. The van der Waals surface area contributed by atoms with Gasteiger partial charge < -0.3 is 10.2 Å². The molecule has 0 fully saturated rings. The van der Waals surface area contributed by atoms with Gasteiger partial charge in [-0.2, -0.15) is 5.26 Å². The van der Waals surface area contributed by atoms with Crippen molar-refractivity contribution in [2.45, 2.75) is 24.3 Å². The lowest BCUT2D eigenvalue weighted by Gasteiger charge is -2.16. The zero-order chi connectivity index (χ0) is 14.6. The molecule has 2 atom stereocenters. The third-order valence-electron chi connectivity index (χ3n) is 2.60. The molecule has 0 aliphatic rings. The first-order chi connectivity index (χ1) is 8.90. The van der Waals surface area contributed by atoms with Crippen molar-refractivity contribution in [1.29, 1.82) is 5.26 Å². The van der Waals surface area contributed by atoms with Crippen LogP contribution in [0.5, 0.6) is 0 Å². The van der Waals surface area contributed by atoms with Gasteiger partial charge >= 0.3 is 5.97 Å². The van der Waals surface area contributed by atoms with E-state index in [0.717, 1.165) is 0 Å². The van der Waals surface area contributed by atoms with E-state index in [4.69, 9.17) is 10.4 Å². The lowest BCUT2D eigenvalue weighted by molar-refractivity contribution is -0.147. The lowest BCUT2D eigenvalue weighted by Crippen LogP contribution is -2.20. The lowest BCUT2D eigenvalue weighted by atomic mass is 9.92. The number of ketones is 1. The second kappa shape index (κ2) is 6.45. The van der Waals surface area contributed by atoms with Gasteiger partial charge in [0.15, 0.2) is 11.9 Å². The summed E-state index contributed by atoms with van der Waals surface area (Å²) >= 11 is 3.12. The van der Waals surface area contributed by atoms with E-state index < -0.39 is 16.9 Å². The molecular weight excluding hydrogens is 314 g/mol. The fourth-order valence-corrected chi connectivity index (χ4v) is 1.97. The van der Waals surface area contributed by atoms with Gasteiger partial charge in [-0.15, -0.1) is 0 Å². The summed E-state index contributed by atoms with van der Waals surface area (Å²) in [5.41, 5.74) is 0.455. The smallest absolute Gasteiger partial charge is 0.337 e. The number of carbonyl (C=O) groups is 2. The number of carboxylic acid groups (broad SMARTS) is 1. The molecule has 2 unspecified atom stereocenters. The van der Waals surface area contributed by atoms with E-state index in [0.29, 0.717) is 5.56 Å². The Kier molecular flexibility index (Phi) is 5.21. The van der Waals surface area contributed by atoms with Crippen molar-refractivity contribution in [1.82, 2.24) is 0 Å². The topological polar surface area (TPSA) is 98.4 Å². The number of nitriles is 1. The fourth-order valence-electron chi connectivity index (χ4n) is 1.73. The molecule has 0 heterocycles. The van der Waals surface area contributed by atoms with Gasteiger partial charge in [0, 0.05) is 11.1 Å². The van der Waals surface area contributed by atoms with E-state index in [2.05, 4.69) is 15.9 Å². The van der Waals surface area contributed by atoms with Crippen LogP contribution in [0.15, 0.2) is 18.2 Å². The van der Waals surface area contributed by atoms with Crippen LogP contribution in [-0.4, -0.2) is 26.8 Å². The highest BCUT2D eigenvalue weighted by molar-refractivity contribution is 9.10. The second-order valence-corrected chi connectivity index (χ2v) is 5.31. The van der Waals surface area contributed by atoms with Crippen LogP contribution in [0.25, 0.3) is 0 Å². The van der Waals surface area contributed by atoms with Crippen molar-refractivity contribution < 1.29 is 19.8 Å².